The third kappa shape index (κ3) is 4.67. The van der Waals surface area contributed by atoms with E-state index < -0.39 is 0 Å². The number of aromatic nitrogens is 1. The highest BCUT2D eigenvalue weighted by atomic mass is 19.1. The number of nitrogens with two attached hydrogens (primary N) is 1. The van der Waals surface area contributed by atoms with Gasteiger partial charge in [-0.2, -0.15) is 0 Å². The monoisotopic (exact) mass is 283 g/mol. The summed E-state index contributed by atoms with van der Waals surface area (Å²) in [6.07, 6.45) is 1.78. The van der Waals surface area contributed by atoms with Gasteiger partial charge < -0.3 is 5.73 Å². The summed E-state index contributed by atoms with van der Waals surface area (Å²) in [5, 5.41) is 0. The lowest BCUT2D eigenvalue weighted by molar-refractivity contribution is 0.314. The van der Waals surface area contributed by atoms with Crippen molar-refractivity contribution in [1.82, 2.24) is 9.88 Å². The van der Waals surface area contributed by atoms with E-state index in [1.165, 1.54) is 12.1 Å². The molecule has 108 valence electrons. The van der Waals surface area contributed by atoms with Crippen LogP contribution >= 0.6 is 0 Å². The largest absolute Gasteiger partial charge is 0.320 e. The maximum Gasteiger partial charge on any atom is 0.124 e. The molecular formula is C17H18FN3. The molecule has 4 heteroatoms. The molecule has 0 unspecified atom stereocenters. The van der Waals surface area contributed by atoms with Gasteiger partial charge in [-0.05, 0) is 36.9 Å². The number of hydrogen-bond acceptors (Lipinski definition) is 3. The fraction of sp³-hybridized carbons (Fsp3) is 0.235. The van der Waals surface area contributed by atoms with Crippen molar-refractivity contribution in [3.63, 3.8) is 0 Å². The molecule has 0 aliphatic rings. The zero-order chi connectivity index (χ0) is 15.1. The van der Waals surface area contributed by atoms with Crippen molar-refractivity contribution < 1.29 is 4.39 Å². The predicted molar refractivity (Wildman–Crippen MR) is 81.7 cm³/mol. The molecule has 3 nitrogen and oxygen atoms in total. The van der Waals surface area contributed by atoms with Crippen LogP contribution in [-0.2, 0) is 13.1 Å². The molecule has 0 atom stereocenters. The van der Waals surface area contributed by atoms with Crippen LogP contribution < -0.4 is 5.73 Å². The topological polar surface area (TPSA) is 42.2 Å². The van der Waals surface area contributed by atoms with Crippen LogP contribution in [0.2, 0.25) is 0 Å². The van der Waals surface area contributed by atoms with Gasteiger partial charge in [-0.25, -0.2) is 4.39 Å². The van der Waals surface area contributed by atoms with Gasteiger partial charge in [0.2, 0.25) is 0 Å². The normalized spacial score (nSPS) is 10.3. The van der Waals surface area contributed by atoms with Crippen LogP contribution in [-0.4, -0.2) is 23.5 Å². The molecule has 1 heterocycles. The SMILES string of the molecule is CN(Cc1ccccn1)Cc1ccc(F)cc1C#CCN. The number of rotatable bonds is 4. The molecule has 0 aliphatic carbocycles. The van der Waals surface area contributed by atoms with Crippen LogP contribution in [0.4, 0.5) is 4.39 Å². The average Bonchev–Trinajstić information content (AvgIpc) is 2.48. The first kappa shape index (κ1) is 15.2. The van der Waals surface area contributed by atoms with Crippen molar-refractivity contribution >= 4 is 0 Å². The minimum Gasteiger partial charge on any atom is -0.320 e. The quantitative estimate of drug-likeness (QED) is 0.874. The van der Waals surface area contributed by atoms with E-state index in [-0.39, 0.29) is 12.4 Å². The summed E-state index contributed by atoms with van der Waals surface area (Å²) in [7, 11) is 2.00. The molecule has 0 fully saturated rings. The Labute approximate surface area is 124 Å². The van der Waals surface area contributed by atoms with E-state index >= 15 is 0 Å². The molecular weight excluding hydrogens is 265 g/mol. The third-order valence-corrected chi connectivity index (χ3v) is 3.00. The minimum atomic E-state index is -0.285. The lowest BCUT2D eigenvalue weighted by Gasteiger charge is -2.17. The van der Waals surface area contributed by atoms with Crippen molar-refractivity contribution in [2.24, 2.45) is 5.73 Å². The molecule has 0 aliphatic heterocycles. The fourth-order valence-corrected chi connectivity index (χ4v) is 2.06. The second kappa shape index (κ2) is 7.53. The van der Waals surface area contributed by atoms with Gasteiger partial charge in [-0.3, -0.25) is 9.88 Å². The van der Waals surface area contributed by atoms with Crippen LogP contribution in [0.25, 0.3) is 0 Å². The second-order valence-electron chi connectivity index (χ2n) is 4.80. The van der Waals surface area contributed by atoms with Crippen molar-refractivity contribution in [2.75, 3.05) is 13.6 Å². The van der Waals surface area contributed by atoms with E-state index in [0.29, 0.717) is 12.1 Å². The first-order valence-corrected chi connectivity index (χ1v) is 6.75. The summed E-state index contributed by atoms with van der Waals surface area (Å²) >= 11 is 0. The number of pyridine rings is 1. The Morgan fingerprint density at radius 2 is 2.10 bits per heavy atom. The van der Waals surface area contributed by atoms with E-state index in [4.69, 9.17) is 5.73 Å². The Bertz CT molecular complexity index is 644. The van der Waals surface area contributed by atoms with E-state index in [0.717, 1.165) is 17.8 Å². The lowest BCUT2D eigenvalue weighted by atomic mass is 10.1. The Morgan fingerprint density at radius 1 is 1.24 bits per heavy atom. The molecule has 2 N–H and O–H groups in total. The first-order chi connectivity index (χ1) is 10.2. The van der Waals surface area contributed by atoms with Crippen LogP contribution in [0.1, 0.15) is 16.8 Å². The molecule has 0 bridgehead atoms. The molecule has 0 saturated heterocycles. The van der Waals surface area contributed by atoms with Crippen molar-refractivity contribution in [2.45, 2.75) is 13.1 Å². The van der Waals surface area contributed by atoms with Gasteiger partial charge in [-0.15, -0.1) is 0 Å². The summed E-state index contributed by atoms with van der Waals surface area (Å²) in [6.45, 7) is 1.66. The predicted octanol–water partition coefficient (Wildman–Crippen LogP) is 2.16. The summed E-state index contributed by atoms with van der Waals surface area (Å²) < 4.78 is 13.3. The van der Waals surface area contributed by atoms with E-state index in [2.05, 4.69) is 21.7 Å². The second-order valence-corrected chi connectivity index (χ2v) is 4.80. The van der Waals surface area contributed by atoms with Crippen LogP contribution in [0, 0.1) is 17.7 Å². The maximum absolute atomic E-state index is 13.3. The van der Waals surface area contributed by atoms with Gasteiger partial charge in [0.05, 0.1) is 12.2 Å². The lowest BCUT2D eigenvalue weighted by Crippen LogP contribution is -2.18. The molecule has 0 spiro atoms. The zero-order valence-corrected chi connectivity index (χ0v) is 12.0. The maximum atomic E-state index is 13.3. The smallest absolute Gasteiger partial charge is 0.124 e. The van der Waals surface area contributed by atoms with Crippen molar-refractivity contribution in [3.8, 4) is 11.8 Å². The zero-order valence-electron chi connectivity index (χ0n) is 12.0. The highest BCUT2D eigenvalue weighted by Gasteiger charge is 2.07. The van der Waals surface area contributed by atoms with Crippen LogP contribution in [0.3, 0.4) is 0 Å². The van der Waals surface area contributed by atoms with Gasteiger partial charge in [0, 0.05) is 24.8 Å². The van der Waals surface area contributed by atoms with E-state index in [1.807, 2.05) is 25.2 Å². The van der Waals surface area contributed by atoms with Crippen LogP contribution in [0.15, 0.2) is 42.6 Å². The molecule has 0 amide bonds. The van der Waals surface area contributed by atoms with E-state index in [9.17, 15) is 4.39 Å². The first-order valence-electron chi connectivity index (χ1n) is 6.75. The molecule has 21 heavy (non-hydrogen) atoms. The highest BCUT2D eigenvalue weighted by Crippen LogP contribution is 2.13. The molecule has 1 aromatic heterocycles. The molecule has 0 saturated carbocycles. The summed E-state index contributed by atoms with van der Waals surface area (Å²) in [5.74, 6) is 5.42. The molecule has 2 rings (SSSR count). The molecule has 1 aromatic carbocycles. The van der Waals surface area contributed by atoms with Gasteiger partial charge in [0.1, 0.15) is 5.82 Å². The van der Waals surface area contributed by atoms with Gasteiger partial charge in [-0.1, -0.05) is 24.0 Å². The van der Waals surface area contributed by atoms with Gasteiger partial charge >= 0.3 is 0 Å². The number of benzene rings is 1. The fourth-order valence-electron chi connectivity index (χ4n) is 2.06. The Balaban J connectivity index is 2.11. The Kier molecular flexibility index (Phi) is 5.44. The van der Waals surface area contributed by atoms with Gasteiger partial charge in [0.25, 0.3) is 0 Å². The van der Waals surface area contributed by atoms with E-state index in [1.54, 1.807) is 12.3 Å². The highest BCUT2D eigenvalue weighted by molar-refractivity contribution is 5.41. The number of halogens is 1. The summed E-state index contributed by atoms with van der Waals surface area (Å²) in [5.41, 5.74) is 8.05. The standard InChI is InChI=1S/C17H18FN3/c1-21(13-17-6-2-3-10-20-17)12-15-7-8-16(18)11-14(15)5-4-9-19/h2-3,6-8,10-11H,9,12-13,19H2,1H3. The number of nitrogens with zero attached hydrogens (tertiary/aromatic N) is 2. The third-order valence-electron chi connectivity index (χ3n) is 3.00. The van der Waals surface area contributed by atoms with Crippen LogP contribution in [0.5, 0.6) is 0 Å². The number of hydrogen-bond donors (Lipinski definition) is 1. The summed E-state index contributed by atoms with van der Waals surface area (Å²) in [6, 6.07) is 10.5. The Hall–Kier alpha value is -2.22. The van der Waals surface area contributed by atoms with Crippen molar-refractivity contribution in [3.05, 3.63) is 65.2 Å². The molecule has 0 radical (unpaired) electrons. The van der Waals surface area contributed by atoms with Crippen molar-refractivity contribution in [1.29, 1.82) is 0 Å². The average molecular weight is 283 g/mol. The molecule has 2 aromatic rings. The van der Waals surface area contributed by atoms with Gasteiger partial charge in [0.15, 0.2) is 0 Å². The summed E-state index contributed by atoms with van der Waals surface area (Å²) in [4.78, 5) is 6.41. The Morgan fingerprint density at radius 3 is 2.81 bits per heavy atom. The minimum absolute atomic E-state index is 0.264.